The molecule has 0 aliphatic carbocycles. The molecule has 4 fully saturated rings. The lowest BCUT2D eigenvalue weighted by Crippen LogP contribution is -2.58. The van der Waals surface area contributed by atoms with E-state index in [9.17, 15) is 28.8 Å². The van der Waals surface area contributed by atoms with Crippen LogP contribution in [0.25, 0.3) is 0 Å². The summed E-state index contributed by atoms with van der Waals surface area (Å²) in [4.78, 5) is 91.7. The molecular weight excluding hydrogens is 544 g/mol. The van der Waals surface area contributed by atoms with E-state index in [-0.39, 0.29) is 24.1 Å². The number of aromatic nitrogens is 2. The summed E-state index contributed by atoms with van der Waals surface area (Å²) in [5, 5.41) is 2.86. The van der Waals surface area contributed by atoms with E-state index < -0.39 is 47.9 Å². The van der Waals surface area contributed by atoms with E-state index in [1.54, 1.807) is 16.0 Å². The Balaban J connectivity index is 1.29. The molecule has 0 unspecified atom stereocenters. The fraction of sp³-hybridized carbons (Fsp3) is 0.679. The van der Waals surface area contributed by atoms with E-state index in [4.69, 9.17) is 5.73 Å². The van der Waals surface area contributed by atoms with Gasteiger partial charge >= 0.3 is 0 Å². The molecule has 6 amide bonds. The molecular formula is C28H40N8O6. The van der Waals surface area contributed by atoms with Gasteiger partial charge in [0.15, 0.2) is 0 Å². The van der Waals surface area contributed by atoms with Crippen molar-refractivity contribution < 1.29 is 28.8 Å². The maximum absolute atomic E-state index is 13.8. The Morgan fingerprint density at radius 1 is 0.833 bits per heavy atom. The molecule has 5 atom stereocenters. The number of carbonyl (C=O) groups is 6. The lowest BCUT2D eigenvalue weighted by atomic mass is 10.1. The summed E-state index contributed by atoms with van der Waals surface area (Å²) in [6, 6.07) is -3.76. The number of imidazole rings is 1. The van der Waals surface area contributed by atoms with Gasteiger partial charge in [0.05, 0.1) is 6.33 Å². The van der Waals surface area contributed by atoms with Gasteiger partial charge in [-0.1, -0.05) is 0 Å². The van der Waals surface area contributed by atoms with Crippen molar-refractivity contribution in [3.63, 3.8) is 0 Å². The summed E-state index contributed by atoms with van der Waals surface area (Å²) < 4.78 is 0. The molecule has 228 valence electrons. The summed E-state index contributed by atoms with van der Waals surface area (Å²) in [5.41, 5.74) is 6.17. The molecule has 1 aromatic heterocycles. The van der Waals surface area contributed by atoms with Crippen molar-refractivity contribution in [2.24, 2.45) is 5.73 Å². The van der Waals surface area contributed by atoms with Gasteiger partial charge in [-0.3, -0.25) is 28.8 Å². The number of nitrogens with zero attached hydrogens (tertiary/aromatic N) is 5. The molecule has 0 aromatic carbocycles. The van der Waals surface area contributed by atoms with Crippen LogP contribution in [0.2, 0.25) is 0 Å². The topological polar surface area (TPSA) is 182 Å². The molecule has 4 aliphatic heterocycles. The zero-order valence-corrected chi connectivity index (χ0v) is 24.0. The lowest BCUT2D eigenvalue weighted by molar-refractivity contribution is -0.150. The number of hydrogen-bond donors (Lipinski definition) is 3. The van der Waals surface area contributed by atoms with E-state index in [0.29, 0.717) is 76.8 Å². The number of amides is 6. The fourth-order valence-corrected chi connectivity index (χ4v) is 6.98. The van der Waals surface area contributed by atoms with Crippen molar-refractivity contribution in [1.82, 2.24) is 34.9 Å². The molecule has 0 bridgehead atoms. The zero-order valence-electron chi connectivity index (χ0n) is 24.0. The van der Waals surface area contributed by atoms with Crippen molar-refractivity contribution in [1.29, 1.82) is 0 Å². The second-order valence-electron chi connectivity index (χ2n) is 11.7. The van der Waals surface area contributed by atoms with E-state index in [2.05, 4.69) is 15.3 Å². The average Bonchev–Trinajstić information content (AvgIpc) is 3.81. The quantitative estimate of drug-likeness (QED) is 0.347. The number of nitrogens with one attached hydrogen (secondary N) is 2. The first kappa shape index (κ1) is 29.5. The summed E-state index contributed by atoms with van der Waals surface area (Å²) in [7, 11) is 0. The van der Waals surface area contributed by atoms with Crippen LogP contribution in [0.1, 0.15) is 64.0 Å². The van der Waals surface area contributed by atoms with E-state index in [1.807, 2.05) is 0 Å². The first-order valence-electron chi connectivity index (χ1n) is 14.9. The van der Waals surface area contributed by atoms with Gasteiger partial charge in [0, 0.05) is 51.4 Å². The maximum Gasteiger partial charge on any atom is 0.246 e. The third-order valence-electron chi connectivity index (χ3n) is 9.06. The second kappa shape index (κ2) is 12.5. The molecule has 0 spiro atoms. The van der Waals surface area contributed by atoms with E-state index in [1.165, 1.54) is 23.1 Å². The standard InChI is InChI=1S/C28H40N8O6/c1-17(37)33-10-4-8-22(33)27(41)36-13-5-9-23(36)28(42)35-12-3-7-21(35)25(39)32-19(14-18-15-30-16-31-18)26(40)34-11-2-6-20(34)24(29)38/h15-16,19-23H,2-14H2,1H3,(H2,29,38)(H,30,31)(H,32,39)/t19-,20-,21-,22-,23-/m0/s1. The van der Waals surface area contributed by atoms with Crippen LogP contribution >= 0.6 is 0 Å². The predicted molar refractivity (Wildman–Crippen MR) is 148 cm³/mol. The lowest BCUT2D eigenvalue weighted by Gasteiger charge is -2.34. The summed E-state index contributed by atoms with van der Waals surface area (Å²) in [5.74, 6) is -2.09. The number of aromatic amines is 1. The highest BCUT2D eigenvalue weighted by molar-refractivity contribution is 5.97. The Kier molecular flexibility index (Phi) is 8.78. The Bertz CT molecular complexity index is 1220. The van der Waals surface area contributed by atoms with Gasteiger partial charge in [0.25, 0.3) is 0 Å². The number of likely N-dealkylation sites (tertiary alicyclic amines) is 4. The monoisotopic (exact) mass is 584 g/mol. The van der Waals surface area contributed by atoms with Crippen LogP contribution in [0.5, 0.6) is 0 Å². The van der Waals surface area contributed by atoms with Crippen LogP contribution in [-0.2, 0) is 35.2 Å². The molecule has 4 N–H and O–H groups in total. The number of rotatable bonds is 8. The van der Waals surface area contributed by atoms with Gasteiger partial charge < -0.3 is 35.6 Å². The highest BCUT2D eigenvalue weighted by atomic mass is 16.2. The number of hydrogen-bond acceptors (Lipinski definition) is 7. The van der Waals surface area contributed by atoms with Gasteiger partial charge in [-0.05, 0) is 51.4 Å². The van der Waals surface area contributed by atoms with Gasteiger partial charge in [0.2, 0.25) is 35.4 Å². The van der Waals surface area contributed by atoms with Crippen molar-refractivity contribution in [2.45, 2.75) is 94.9 Å². The molecule has 5 rings (SSSR count). The third kappa shape index (κ3) is 5.84. The van der Waals surface area contributed by atoms with Crippen molar-refractivity contribution in [3.05, 3.63) is 18.2 Å². The number of primary amides is 1. The third-order valence-corrected chi connectivity index (χ3v) is 9.06. The molecule has 4 saturated heterocycles. The van der Waals surface area contributed by atoms with Crippen molar-refractivity contribution in [2.75, 3.05) is 26.2 Å². The zero-order chi connectivity index (χ0) is 30.0. The van der Waals surface area contributed by atoms with Crippen LogP contribution in [0, 0.1) is 0 Å². The summed E-state index contributed by atoms with van der Waals surface area (Å²) in [6.45, 7) is 3.15. The molecule has 0 saturated carbocycles. The smallest absolute Gasteiger partial charge is 0.246 e. The minimum atomic E-state index is -0.986. The normalized spacial score (nSPS) is 26.5. The van der Waals surface area contributed by atoms with Crippen molar-refractivity contribution >= 4 is 35.4 Å². The molecule has 5 heterocycles. The van der Waals surface area contributed by atoms with E-state index in [0.717, 1.165) is 6.42 Å². The Morgan fingerprint density at radius 2 is 1.36 bits per heavy atom. The molecule has 14 nitrogen and oxygen atoms in total. The van der Waals surface area contributed by atoms with Crippen molar-refractivity contribution in [3.8, 4) is 0 Å². The SMILES string of the molecule is CC(=O)N1CCC[C@H]1C(=O)N1CCC[C@H]1C(=O)N1CCC[C@H]1C(=O)N[C@@H](Cc1cnc[nH]1)C(=O)N1CCC[C@H]1C(N)=O. The fourth-order valence-electron chi connectivity index (χ4n) is 6.98. The van der Waals surface area contributed by atoms with Crippen LogP contribution in [0.4, 0.5) is 0 Å². The molecule has 0 radical (unpaired) electrons. The second-order valence-corrected chi connectivity index (χ2v) is 11.7. The van der Waals surface area contributed by atoms with Crippen LogP contribution in [0.15, 0.2) is 12.5 Å². The minimum absolute atomic E-state index is 0.131. The molecule has 42 heavy (non-hydrogen) atoms. The minimum Gasteiger partial charge on any atom is -0.368 e. The van der Waals surface area contributed by atoms with Gasteiger partial charge in [-0.15, -0.1) is 0 Å². The van der Waals surface area contributed by atoms with Crippen LogP contribution < -0.4 is 11.1 Å². The molecule has 14 heteroatoms. The first-order valence-corrected chi connectivity index (χ1v) is 14.9. The highest BCUT2D eigenvalue weighted by Gasteiger charge is 2.46. The predicted octanol–water partition coefficient (Wildman–Crippen LogP) is -1.09. The highest BCUT2D eigenvalue weighted by Crippen LogP contribution is 2.28. The van der Waals surface area contributed by atoms with Crippen LogP contribution in [0.3, 0.4) is 0 Å². The summed E-state index contributed by atoms with van der Waals surface area (Å²) in [6.07, 6.45) is 7.80. The first-order chi connectivity index (χ1) is 20.2. The Labute approximate surface area is 244 Å². The Hall–Kier alpha value is -3.97. The molecule has 1 aromatic rings. The molecule has 4 aliphatic rings. The number of carbonyl (C=O) groups excluding carboxylic acids is 6. The van der Waals surface area contributed by atoms with E-state index >= 15 is 0 Å². The van der Waals surface area contributed by atoms with Gasteiger partial charge in [-0.25, -0.2) is 4.98 Å². The van der Waals surface area contributed by atoms with Gasteiger partial charge in [0.1, 0.15) is 30.2 Å². The average molecular weight is 585 g/mol. The van der Waals surface area contributed by atoms with Gasteiger partial charge in [-0.2, -0.15) is 0 Å². The maximum atomic E-state index is 13.8. The summed E-state index contributed by atoms with van der Waals surface area (Å²) >= 11 is 0. The Morgan fingerprint density at radius 3 is 1.93 bits per heavy atom. The van der Waals surface area contributed by atoms with Crippen LogP contribution in [-0.4, -0.2) is 121 Å². The number of H-pyrrole nitrogens is 1. The largest absolute Gasteiger partial charge is 0.368 e. The number of nitrogens with two attached hydrogens (primary N) is 1.